The first-order chi connectivity index (χ1) is 8.90. The molecule has 0 fully saturated rings. The van der Waals surface area contributed by atoms with Crippen LogP contribution in [0.3, 0.4) is 0 Å². The summed E-state index contributed by atoms with van der Waals surface area (Å²) in [5.41, 5.74) is -0.341. The van der Waals surface area contributed by atoms with Crippen LogP contribution in [-0.4, -0.2) is 25.8 Å². The molecule has 2 rings (SSSR count). The maximum atomic E-state index is 13.0. The van der Waals surface area contributed by atoms with Gasteiger partial charge in [0.1, 0.15) is 17.1 Å². The summed E-state index contributed by atoms with van der Waals surface area (Å²) < 4.78 is 14.1. The van der Waals surface area contributed by atoms with E-state index in [1.165, 1.54) is 13.0 Å². The Morgan fingerprint density at radius 3 is 2.74 bits per heavy atom. The Morgan fingerprint density at radius 2 is 2.21 bits per heavy atom. The molecular formula is C11H8FN3O4. The summed E-state index contributed by atoms with van der Waals surface area (Å²) in [5.74, 6) is -1.94. The predicted molar refractivity (Wildman–Crippen MR) is 61.9 cm³/mol. The molecule has 1 aromatic heterocycles. The van der Waals surface area contributed by atoms with Gasteiger partial charge in [-0.1, -0.05) is 0 Å². The summed E-state index contributed by atoms with van der Waals surface area (Å²) in [6.45, 7) is 1.47. The SMILES string of the molecule is Cc1nn(-c2ccc(F)cc2[N+](=O)[O-])cc1C(=O)O. The summed E-state index contributed by atoms with van der Waals surface area (Å²) in [4.78, 5) is 21.0. The van der Waals surface area contributed by atoms with E-state index in [1.54, 1.807) is 0 Å². The molecule has 0 aliphatic rings. The van der Waals surface area contributed by atoms with Crippen molar-refractivity contribution in [3.63, 3.8) is 0 Å². The number of aryl methyl sites for hydroxylation is 1. The van der Waals surface area contributed by atoms with E-state index in [-0.39, 0.29) is 16.9 Å². The summed E-state index contributed by atoms with van der Waals surface area (Å²) in [5, 5.41) is 23.6. The number of hydrogen-bond acceptors (Lipinski definition) is 4. The Labute approximate surface area is 106 Å². The van der Waals surface area contributed by atoms with Crippen LogP contribution in [0.25, 0.3) is 5.69 Å². The van der Waals surface area contributed by atoms with Gasteiger partial charge >= 0.3 is 5.97 Å². The Balaban J connectivity index is 2.62. The number of nitro groups is 1. The average Bonchev–Trinajstić information content (AvgIpc) is 2.71. The number of benzene rings is 1. The average molecular weight is 265 g/mol. The van der Waals surface area contributed by atoms with Gasteiger partial charge < -0.3 is 5.11 Å². The zero-order chi connectivity index (χ0) is 14.2. The van der Waals surface area contributed by atoms with E-state index >= 15 is 0 Å². The number of rotatable bonds is 3. The van der Waals surface area contributed by atoms with Crippen LogP contribution in [0.4, 0.5) is 10.1 Å². The van der Waals surface area contributed by atoms with Crippen molar-refractivity contribution in [1.82, 2.24) is 9.78 Å². The zero-order valence-corrected chi connectivity index (χ0v) is 9.70. The Morgan fingerprint density at radius 1 is 1.53 bits per heavy atom. The van der Waals surface area contributed by atoms with Gasteiger partial charge in [0, 0.05) is 6.20 Å². The summed E-state index contributed by atoms with van der Waals surface area (Å²) in [6.07, 6.45) is 1.15. The lowest BCUT2D eigenvalue weighted by Crippen LogP contribution is -2.01. The van der Waals surface area contributed by atoms with E-state index in [1.807, 2.05) is 0 Å². The number of halogens is 1. The molecule has 1 aromatic carbocycles. The number of nitro benzene ring substituents is 1. The van der Waals surface area contributed by atoms with E-state index in [0.29, 0.717) is 0 Å². The van der Waals surface area contributed by atoms with Crippen molar-refractivity contribution in [3.8, 4) is 5.69 Å². The first-order valence-electron chi connectivity index (χ1n) is 5.14. The fourth-order valence-corrected chi connectivity index (χ4v) is 1.63. The fraction of sp³-hybridized carbons (Fsp3) is 0.0909. The van der Waals surface area contributed by atoms with E-state index in [0.717, 1.165) is 23.0 Å². The molecule has 1 N–H and O–H groups in total. The van der Waals surface area contributed by atoms with Gasteiger partial charge in [-0.05, 0) is 19.1 Å². The summed E-state index contributed by atoms with van der Waals surface area (Å²) >= 11 is 0. The molecular weight excluding hydrogens is 257 g/mol. The highest BCUT2D eigenvalue weighted by atomic mass is 19.1. The maximum Gasteiger partial charge on any atom is 0.339 e. The second-order valence-corrected chi connectivity index (χ2v) is 3.77. The van der Waals surface area contributed by atoms with Crippen LogP contribution in [0.5, 0.6) is 0 Å². The van der Waals surface area contributed by atoms with Gasteiger partial charge in [-0.3, -0.25) is 10.1 Å². The molecule has 1 heterocycles. The van der Waals surface area contributed by atoms with Gasteiger partial charge in [0.05, 0.1) is 16.7 Å². The molecule has 0 atom stereocenters. The highest BCUT2D eigenvalue weighted by Crippen LogP contribution is 2.24. The largest absolute Gasteiger partial charge is 0.478 e. The first kappa shape index (κ1) is 12.7. The maximum absolute atomic E-state index is 13.0. The fourth-order valence-electron chi connectivity index (χ4n) is 1.63. The molecule has 98 valence electrons. The van der Waals surface area contributed by atoms with Gasteiger partial charge in [-0.25, -0.2) is 13.9 Å². The smallest absolute Gasteiger partial charge is 0.339 e. The van der Waals surface area contributed by atoms with Crippen LogP contribution < -0.4 is 0 Å². The van der Waals surface area contributed by atoms with Crippen molar-refractivity contribution >= 4 is 11.7 Å². The molecule has 0 radical (unpaired) electrons. The van der Waals surface area contributed by atoms with Crippen LogP contribution in [0.2, 0.25) is 0 Å². The van der Waals surface area contributed by atoms with E-state index < -0.39 is 22.4 Å². The molecule has 0 aliphatic heterocycles. The summed E-state index contributed by atoms with van der Waals surface area (Å²) in [7, 11) is 0. The minimum atomic E-state index is -1.19. The first-order valence-corrected chi connectivity index (χ1v) is 5.14. The molecule has 0 aliphatic carbocycles. The quantitative estimate of drug-likeness (QED) is 0.675. The lowest BCUT2D eigenvalue weighted by Gasteiger charge is -2.02. The molecule has 0 spiro atoms. The van der Waals surface area contributed by atoms with Crippen molar-refractivity contribution in [1.29, 1.82) is 0 Å². The Kier molecular flexibility index (Phi) is 2.99. The number of aromatic nitrogens is 2. The van der Waals surface area contributed by atoms with Crippen LogP contribution in [-0.2, 0) is 0 Å². The van der Waals surface area contributed by atoms with E-state index in [2.05, 4.69) is 5.10 Å². The second kappa shape index (κ2) is 4.48. The molecule has 0 unspecified atom stereocenters. The van der Waals surface area contributed by atoms with E-state index in [9.17, 15) is 19.3 Å². The Hall–Kier alpha value is -2.77. The zero-order valence-electron chi connectivity index (χ0n) is 9.70. The van der Waals surface area contributed by atoms with Crippen LogP contribution in [0, 0.1) is 22.9 Å². The number of hydrogen-bond donors (Lipinski definition) is 1. The lowest BCUT2D eigenvalue weighted by atomic mass is 10.2. The number of carboxylic acid groups (broad SMARTS) is 1. The number of nitrogens with zero attached hydrogens (tertiary/aromatic N) is 3. The minimum Gasteiger partial charge on any atom is -0.478 e. The van der Waals surface area contributed by atoms with Crippen molar-refractivity contribution in [2.24, 2.45) is 0 Å². The standard InChI is InChI=1S/C11H8FN3O4/c1-6-8(11(16)17)5-14(13-6)9-3-2-7(12)4-10(9)15(18)19/h2-5H,1H3,(H,16,17). The molecule has 19 heavy (non-hydrogen) atoms. The molecule has 7 nitrogen and oxygen atoms in total. The van der Waals surface area contributed by atoms with Gasteiger partial charge in [0.25, 0.3) is 5.69 Å². The van der Waals surface area contributed by atoms with E-state index in [4.69, 9.17) is 5.11 Å². The molecule has 0 saturated heterocycles. The van der Waals surface area contributed by atoms with Crippen molar-refractivity contribution < 1.29 is 19.2 Å². The molecule has 0 amide bonds. The Bertz CT molecular complexity index is 681. The normalized spacial score (nSPS) is 10.4. The summed E-state index contributed by atoms with van der Waals surface area (Å²) in [6, 6.07) is 2.97. The van der Waals surface area contributed by atoms with Gasteiger partial charge in [-0.2, -0.15) is 5.10 Å². The molecule has 8 heteroatoms. The van der Waals surface area contributed by atoms with Crippen LogP contribution in [0.1, 0.15) is 16.1 Å². The lowest BCUT2D eigenvalue weighted by molar-refractivity contribution is -0.384. The highest BCUT2D eigenvalue weighted by molar-refractivity contribution is 5.88. The second-order valence-electron chi connectivity index (χ2n) is 3.77. The monoisotopic (exact) mass is 265 g/mol. The predicted octanol–water partition coefficient (Wildman–Crippen LogP) is 1.93. The topological polar surface area (TPSA) is 98.3 Å². The van der Waals surface area contributed by atoms with Crippen LogP contribution >= 0.6 is 0 Å². The number of carbonyl (C=O) groups is 1. The third kappa shape index (κ3) is 2.28. The highest BCUT2D eigenvalue weighted by Gasteiger charge is 2.20. The minimum absolute atomic E-state index is 0.00185. The van der Waals surface area contributed by atoms with Crippen molar-refractivity contribution in [2.75, 3.05) is 0 Å². The van der Waals surface area contributed by atoms with Crippen LogP contribution in [0.15, 0.2) is 24.4 Å². The third-order valence-electron chi connectivity index (χ3n) is 2.51. The van der Waals surface area contributed by atoms with Gasteiger partial charge in [-0.15, -0.1) is 0 Å². The van der Waals surface area contributed by atoms with Gasteiger partial charge in [0.2, 0.25) is 0 Å². The number of aromatic carboxylic acids is 1. The van der Waals surface area contributed by atoms with Crippen molar-refractivity contribution in [2.45, 2.75) is 6.92 Å². The molecule has 0 saturated carbocycles. The number of carboxylic acids is 1. The van der Waals surface area contributed by atoms with Gasteiger partial charge in [0.15, 0.2) is 0 Å². The van der Waals surface area contributed by atoms with Crippen molar-refractivity contribution in [3.05, 3.63) is 51.6 Å². The molecule has 0 bridgehead atoms. The third-order valence-corrected chi connectivity index (χ3v) is 2.51. The molecule has 2 aromatic rings.